The normalized spacial score (nSPS) is 13.2. The number of amides is 2. The molecule has 1 atom stereocenters. The molecule has 0 saturated carbocycles. The molecule has 5 aromatic rings. The van der Waals surface area contributed by atoms with Crippen molar-refractivity contribution in [3.05, 3.63) is 155 Å². The lowest BCUT2D eigenvalue weighted by atomic mass is 9.97. The zero-order chi connectivity index (χ0) is 31.7. The predicted octanol–water partition coefficient (Wildman–Crippen LogP) is 6.39. The van der Waals surface area contributed by atoms with Crippen molar-refractivity contribution in [2.75, 3.05) is 13.7 Å². The van der Waals surface area contributed by atoms with Gasteiger partial charge in [0, 0.05) is 56.2 Å². The minimum absolute atomic E-state index is 0.0590. The number of fused-ring (bicyclic) bond motifs is 1. The highest BCUT2D eigenvalue weighted by atomic mass is 16.5. The summed E-state index contributed by atoms with van der Waals surface area (Å²) < 4.78 is 5.17. The van der Waals surface area contributed by atoms with Gasteiger partial charge in [0.25, 0.3) is 0 Å². The van der Waals surface area contributed by atoms with Crippen molar-refractivity contribution in [1.29, 1.82) is 0 Å². The predicted molar refractivity (Wildman–Crippen MR) is 180 cm³/mol. The first kappa shape index (κ1) is 30.5. The molecule has 0 fully saturated rings. The maximum Gasteiger partial charge on any atom is 0.247 e. The molecule has 0 bridgehead atoms. The number of pyridine rings is 2. The highest BCUT2D eigenvalue weighted by molar-refractivity contribution is 5.95. The van der Waals surface area contributed by atoms with Crippen molar-refractivity contribution in [3.8, 4) is 17.1 Å². The second kappa shape index (κ2) is 14.5. The van der Waals surface area contributed by atoms with Crippen LogP contribution in [0.15, 0.2) is 128 Å². The molecule has 0 aliphatic carbocycles. The summed E-state index contributed by atoms with van der Waals surface area (Å²) in [7, 11) is 1.56. The summed E-state index contributed by atoms with van der Waals surface area (Å²) in [6.07, 6.45) is 7.87. The lowest BCUT2D eigenvalue weighted by Gasteiger charge is -2.37. The van der Waals surface area contributed by atoms with Crippen molar-refractivity contribution in [2.45, 2.75) is 32.0 Å². The molecule has 46 heavy (non-hydrogen) atoms. The molecule has 7 heteroatoms. The monoisotopic (exact) mass is 608 g/mol. The molecule has 3 aromatic carbocycles. The Kier molecular flexibility index (Phi) is 9.59. The molecular weight excluding hydrogens is 572 g/mol. The summed E-state index contributed by atoms with van der Waals surface area (Å²) in [5.74, 6) is 0.184. The Bertz CT molecular complexity index is 1790. The largest absolute Gasteiger partial charge is 0.481 e. The average molecular weight is 609 g/mol. The molecule has 6 rings (SSSR count). The summed E-state index contributed by atoms with van der Waals surface area (Å²) in [5.41, 5.74) is 6.94. The fourth-order valence-corrected chi connectivity index (χ4v) is 5.79. The molecule has 1 aliphatic heterocycles. The number of benzene rings is 3. The SMILES string of the molecule is COc1ccc(/C=C/C(=O)N(Cc2ccc(-c3ccccn3)cc2)[C@@H](Cc2ccccc2)C(=O)N2CCc3ccccc3C2)cn1. The number of carbonyl (C=O) groups is 2. The van der Waals surface area contributed by atoms with Gasteiger partial charge in [0.15, 0.2) is 0 Å². The van der Waals surface area contributed by atoms with Crippen LogP contribution in [0.25, 0.3) is 17.3 Å². The van der Waals surface area contributed by atoms with E-state index in [1.165, 1.54) is 11.6 Å². The zero-order valence-corrected chi connectivity index (χ0v) is 25.8. The van der Waals surface area contributed by atoms with E-state index >= 15 is 0 Å². The molecule has 0 unspecified atom stereocenters. The Morgan fingerprint density at radius 2 is 1.61 bits per heavy atom. The number of hydrogen-bond donors (Lipinski definition) is 0. The smallest absolute Gasteiger partial charge is 0.247 e. The minimum atomic E-state index is -0.714. The Balaban J connectivity index is 1.34. The number of ether oxygens (including phenoxy) is 1. The first-order valence-corrected chi connectivity index (χ1v) is 15.5. The van der Waals surface area contributed by atoms with E-state index in [1.54, 1.807) is 36.5 Å². The van der Waals surface area contributed by atoms with Gasteiger partial charge in [-0.05, 0) is 58.5 Å². The molecule has 0 saturated heterocycles. The van der Waals surface area contributed by atoms with Crippen molar-refractivity contribution < 1.29 is 14.3 Å². The van der Waals surface area contributed by atoms with Crippen LogP contribution in [0.4, 0.5) is 0 Å². The van der Waals surface area contributed by atoms with E-state index in [0.717, 1.165) is 39.9 Å². The van der Waals surface area contributed by atoms with E-state index < -0.39 is 6.04 Å². The zero-order valence-electron chi connectivity index (χ0n) is 25.8. The van der Waals surface area contributed by atoms with E-state index in [-0.39, 0.29) is 18.4 Å². The van der Waals surface area contributed by atoms with E-state index in [9.17, 15) is 9.59 Å². The Labute approximate surface area is 269 Å². The summed E-state index contributed by atoms with van der Waals surface area (Å²) in [4.78, 5) is 41.0. The van der Waals surface area contributed by atoms with Crippen molar-refractivity contribution >= 4 is 17.9 Å². The van der Waals surface area contributed by atoms with Gasteiger partial charge in [-0.1, -0.05) is 84.9 Å². The van der Waals surface area contributed by atoms with E-state index in [0.29, 0.717) is 25.4 Å². The highest BCUT2D eigenvalue weighted by Gasteiger charge is 2.34. The van der Waals surface area contributed by atoms with Crippen molar-refractivity contribution in [2.24, 2.45) is 0 Å². The van der Waals surface area contributed by atoms with Crippen LogP contribution < -0.4 is 4.74 Å². The number of nitrogens with zero attached hydrogens (tertiary/aromatic N) is 4. The van der Waals surface area contributed by atoms with Gasteiger partial charge in [-0.3, -0.25) is 14.6 Å². The van der Waals surface area contributed by atoms with Gasteiger partial charge in [0.1, 0.15) is 6.04 Å². The second-order valence-electron chi connectivity index (χ2n) is 11.3. The number of rotatable bonds is 10. The van der Waals surface area contributed by atoms with Crippen LogP contribution in [0, 0.1) is 0 Å². The maximum absolute atomic E-state index is 14.5. The van der Waals surface area contributed by atoms with Crippen LogP contribution in [0.3, 0.4) is 0 Å². The summed E-state index contributed by atoms with van der Waals surface area (Å²) in [5, 5.41) is 0. The van der Waals surface area contributed by atoms with Gasteiger partial charge in [0.05, 0.1) is 12.8 Å². The number of hydrogen-bond acceptors (Lipinski definition) is 5. The van der Waals surface area contributed by atoms with Gasteiger partial charge < -0.3 is 14.5 Å². The van der Waals surface area contributed by atoms with E-state index in [2.05, 4.69) is 22.1 Å². The molecule has 230 valence electrons. The van der Waals surface area contributed by atoms with Crippen LogP contribution in [0.5, 0.6) is 5.88 Å². The molecular formula is C39H36N4O3. The quantitative estimate of drug-likeness (QED) is 0.172. The first-order valence-electron chi connectivity index (χ1n) is 15.5. The van der Waals surface area contributed by atoms with Gasteiger partial charge in [0.2, 0.25) is 17.7 Å². The topological polar surface area (TPSA) is 75.6 Å². The van der Waals surface area contributed by atoms with Crippen LogP contribution in [-0.2, 0) is 35.5 Å². The summed E-state index contributed by atoms with van der Waals surface area (Å²) >= 11 is 0. The van der Waals surface area contributed by atoms with Gasteiger partial charge in [-0.25, -0.2) is 4.98 Å². The molecule has 2 amide bonds. The van der Waals surface area contributed by atoms with Crippen LogP contribution in [0.1, 0.15) is 27.8 Å². The van der Waals surface area contributed by atoms with E-state index in [4.69, 9.17) is 4.74 Å². The average Bonchev–Trinajstić information content (AvgIpc) is 3.13. The minimum Gasteiger partial charge on any atom is -0.481 e. The number of carbonyl (C=O) groups excluding carboxylic acids is 2. The standard InChI is InChI=1S/C39H36N4O3/c1-46-37-20-16-30(26-41-37)17-21-38(44)43(27-31-14-18-33(19-15-31)35-13-7-8-23-40-35)36(25-29-9-3-2-4-10-29)39(45)42-24-22-32-11-5-6-12-34(32)28-42/h2-21,23,26,36H,22,24-25,27-28H2,1H3/b21-17+/t36-/m0/s1. The molecule has 3 heterocycles. The van der Waals surface area contributed by atoms with Crippen molar-refractivity contribution in [1.82, 2.24) is 19.8 Å². The van der Waals surface area contributed by atoms with Crippen LogP contribution in [-0.4, -0.2) is 51.3 Å². The molecule has 2 aromatic heterocycles. The third kappa shape index (κ3) is 7.38. The van der Waals surface area contributed by atoms with Gasteiger partial charge in [-0.15, -0.1) is 0 Å². The van der Waals surface area contributed by atoms with Crippen molar-refractivity contribution in [3.63, 3.8) is 0 Å². The molecule has 1 aliphatic rings. The number of methoxy groups -OCH3 is 1. The molecule has 7 nitrogen and oxygen atoms in total. The lowest BCUT2D eigenvalue weighted by molar-refractivity contribution is -0.144. The highest BCUT2D eigenvalue weighted by Crippen LogP contribution is 2.24. The van der Waals surface area contributed by atoms with Crippen LogP contribution >= 0.6 is 0 Å². The molecule has 0 N–H and O–H groups in total. The van der Waals surface area contributed by atoms with E-state index in [1.807, 2.05) is 95.9 Å². The Morgan fingerprint density at radius 1 is 0.848 bits per heavy atom. The Morgan fingerprint density at radius 3 is 2.33 bits per heavy atom. The third-order valence-electron chi connectivity index (χ3n) is 8.31. The summed E-state index contributed by atoms with van der Waals surface area (Å²) in [6, 6.07) is 34.9. The lowest BCUT2D eigenvalue weighted by Crippen LogP contribution is -2.52. The van der Waals surface area contributed by atoms with Crippen LogP contribution in [0.2, 0.25) is 0 Å². The Hall–Kier alpha value is -5.56. The second-order valence-corrected chi connectivity index (χ2v) is 11.3. The summed E-state index contributed by atoms with van der Waals surface area (Å²) in [6.45, 7) is 1.39. The third-order valence-corrected chi connectivity index (χ3v) is 8.31. The first-order chi connectivity index (χ1) is 22.6. The molecule has 0 radical (unpaired) electrons. The maximum atomic E-state index is 14.5. The molecule has 0 spiro atoms. The fraction of sp³-hybridized carbons (Fsp3) is 0.179. The fourth-order valence-electron chi connectivity index (χ4n) is 5.79. The number of aromatic nitrogens is 2. The van der Waals surface area contributed by atoms with Gasteiger partial charge in [-0.2, -0.15) is 0 Å². The van der Waals surface area contributed by atoms with Gasteiger partial charge >= 0.3 is 0 Å².